The Labute approximate surface area is 89.0 Å². The first-order chi connectivity index (χ1) is 6.74. The highest BCUT2D eigenvalue weighted by Gasteiger charge is 2.18. The number of rotatable bonds is 4. The van der Waals surface area contributed by atoms with E-state index in [2.05, 4.69) is 25.2 Å². The first kappa shape index (κ1) is 11.8. The molecule has 1 aliphatic rings. The molecule has 0 aromatic carbocycles. The van der Waals surface area contributed by atoms with Gasteiger partial charge in [-0.3, -0.25) is 0 Å². The van der Waals surface area contributed by atoms with Gasteiger partial charge in [0, 0.05) is 0 Å². The van der Waals surface area contributed by atoms with Gasteiger partial charge in [0.05, 0.1) is 0 Å². The molecule has 0 aromatic heterocycles. The molecule has 0 spiro atoms. The zero-order chi connectivity index (χ0) is 10.4. The minimum atomic E-state index is 0.892. The van der Waals surface area contributed by atoms with Crippen LogP contribution in [0.3, 0.4) is 0 Å². The highest BCUT2D eigenvalue weighted by Crippen LogP contribution is 2.32. The first-order valence-electron chi connectivity index (χ1n) is 6.05. The molecule has 0 aromatic rings. The summed E-state index contributed by atoms with van der Waals surface area (Å²) in [5.41, 5.74) is 1.63. The Morgan fingerprint density at radius 3 is 2.50 bits per heavy atom. The van der Waals surface area contributed by atoms with Crippen LogP contribution >= 0.6 is 0 Å². The monoisotopic (exact) mass is 195 g/mol. The van der Waals surface area contributed by atoms with Crippen molar-refractivity contribution >= 4 is 0 Å². The molecular formula is C13H25N. The second-order valence-corrected chi connectivity index (χ2v) is 4.80. The molecule has 0 radical (unpaired) electrons. The van der Waals surface area contributed by atoms with Gasteiger partial charge in [0.25, 0.3) is 0 Å². The molecule has 0 heterocycles. The minimum absolute atomic E-state index is 0.892. The SMILES string of the molecule is CNCCC=C(C)C1CCC(C)CC1. The van der Waals surface area contributed by atoms with Gasteiger partial charge in [-0.2, -0.15) is 0 Å². The lowest BCUT2D eigenvalue weighted by molar-refractivity contribution is 0.320. The maximum Gasteiger partial charge on any atom is -0.00172 e. The largest absolute Gasteiger partial charge is 0.319 e. The van der Waals surface area contributed by atoms with Crippen LogP contribution in [-0.4, -0.2) is 13.6 Å². The molecule has 1 heteroatoms. The topological polar surface area (TPSA) is 12.0 Å². The Bertz CT molecular complexity index is 176. The van der Waals surface area contributed by atoms with Gasteiger partial charge in [-0.05, 0) is 51.6 Å². The van der Waals surface area contributed by atoms with Crippen LogP contribution in [0.15, 0.2) is 11.6 Å². The zero-order valence-corrected chi connectivity index (χ0v) is 9.97. The van der Waals surface area contributed by atoms with E-state index in [0.29, 0.717) is 0 Å². The Morgan fingerprint density at radius 2 is 1.93 bits per heavy atom. The van der Waals surface area contributed by atoms with Crippen molar-refractivity contribution in [1.29, 1.82) is 0 Å². The van der Waals surface area contributed by atoms with Crippen molar-refractivity contribution in [2.75, 3.05) is 13.6 Å². The third-order valence-electron chi connectivity index (χ3n) is 3.52. The molecule has 0 bridgehead atoms. The van der Waals surface area contributed by atoms with E-state index in [-0.39, 0.29) is 0 Å². The molecule has 0 saturated heterocycles. The highest BCUT2D eigenvalue weighted by atomic mass is 14.8. The van der Waals surface area contributed by atoms with Crippen LogP contribution in [0.1, 0.15) is 46.0 Å². The molecule has 0 unspecified atom stereocenters. The molecule has 0 atom stereocenters. The van der Waals surface area contributed by atoms with Gasteiger partial charge in [-0.1, -0.05) is 31.4 Å². The molecule has 1 nitrogen and oxygen atoms in total. The van der Waals surface area contributed by atoms with Crippen LogP contribution < -0.4 is 5.32 Å². The lowest BCUT2D eigenvalue weighted by atomic mass is 9.79. The van der Waals surface area contributed by atoms with E-state index < -0.39 is 0 Å². The van der Waals surface area contributed by atoms with Gasteiger partial charge < -0.3 is 5.32 Å². The Hall–Kier alpha value is -0.300. The van der Waals surface area contributed by atoms with Crippen molar-refractivity contribution in [2.45, 2.75) is 46.0 Å². The molecule has 1 N–H and O–H groups in total. The molecular weight excluding hydrogens is 170 g/mol. The Kier molecular flexibility index (Phi) is 5.24. The predicted octanol–water partition coefficient (Wildman–Crippen LogP) is 3.37. The Morgan fingerprint density at radius 1 is 1.29 bits per heavy atom. The van der Waals surface area contributed by atoms with Crippen molar-refractivity contribution in [1.82, 2.24) is 5.32 Å². The summed E-state index contributed by atoms with van der Waals surface area (Å²) < 4.78 is 0. The fourth-order valence-corrected chi connectivity index (χ4v) is 2.33. The minimum Gasteiger partial charge on any atom is -0.319 e. The molecule has 82 valence electrons. The average molecular weight is 195 g/mol. The fraction of sp³-hybridized carbons (Fsp3) is 0.846. The van der Waals surface area contributed by atoms with E-state index in [0.717, 1.165) is 18.4 Å². The summed E-state index contributed by atoms with van der Waals surface area (Å²) in [4.78, 5) is 0. The van der Waals surface area contributed by atoms with E-state index in [1.807, 2.05) is 7.05 Å². The van der Waals surface area contributed by atoms with Crippen molar-refractivity contribution in [3.63, 3.8) is 0 Å². The molecule has 1 rings (SSSR count). The maximum atomic E-state index is 3.19. The van der Waals surface area contributed by atoms with Crippen LogP contribution in [0, 0.1) is 11.8 Å². The maximum absolute atomic E-state index is 3.19. The summed E-state index contributed by atoms with van der Waals surface area (Å²) in [5, 5.41) is 3.19. The third-order valence-corrected chi connectivity index (χ3v) is 3.52. The smallest absolute Gasteiger partial charge is 0.00172 e. The predicted molar refractivity (Wildman–Crippen MR) is 63.4 cm³/mol. The van der Waals surface area contributed by atoms with E-state index in [1.165, 1.54) is 32.1 Å². The molecule has 1 saturated carbocycles. The van der Waals surface area contributed by atoms with Crippen LogP contribution in [0.25, 0.3) is 0 Å². The van der Waals surface area contributed by atoms with Gasteiger partial charge in [-0.15, -0.1) is 0 Å². The van der Waals surface area contributed by atoms with Crippen molar-refractivity contribution in [2.24, 2.45) is 11.8 Å². The summed E-state index contributed by atoms with van der Waals surface area (Å²) in [6.07, 6.45) is 9.32. The Balaban J connectivity index is 2.29. The zero-order valence-electron chi connectivity index (χ0n) is 9.97. The van der Waals surface area contributed by atoms with E-state index >= 15 is 0 Å². The van der Waals surface area contributed by atoms with Gasteiger partial charge in [0.2, 0.25) is 0 Å². The second-order valence-electron chi connectivity index (χ2n) is 4.80. The number of hydrogen-bond donors (Lipinski definition) is 1. The first-order valence-corrected chi connectivity index (χ1v) is 6.05. The molecule has 0 aliphatic heterocycles. The summed E-state index contributed by atoms with van der Waals surface area (Å²) in [6.45, 7) is 5.81. The van der Waals surface area contributed by atoms with E-state index in [1.54, 1.807) is 5.57 Å². The third kappa shape index (κ3) is 3.83. The number of allylic oxidation sites excluding steroid dienone is 1. The molecule has 0 amide bonds. The van der Waals surface area contributed by atoms with Gasteiger partial charge in [0.1, 0.15) is 0 Å². The van der Waals surface area contributed by atoms with Gasteiger partial charge in [-0.25, -0.2) is 0 Å². The second kappa shape index (κ2) is 6.23. The lowest BCUT2D eigenvalue weighted by Gasteiger charge is -2.26. The van der Waals surface area contributed by atoms with Crippen molar-refractivity contribution < 1.29 is 0 Å². The molecule has 1 fully saturated rings. The van der Waals surface area contributed by atoms with Crippen molar-refractivity contribution in [3.05, 3.63) is 11.6 Å². The summed E-state index contributed by atoms with van der Waals surface area (Å²) >= 11 is 0. The van der Waals surface area contributed by atoms with Gasteiger partial charge in [0.15, 0.2) is 0 Å². The summed E-state index contributed by atoms with van der Waals surface area (Å²) in [6, 6.07) is 0. The van der Waals surface area contributed by atoms with Gasteiger partial charge >= 0.3 is 0 Å². The normalized spacial score (nSPS) is 29.2. The van der Waals surface area contributed by atoms with Crippen molar-refractivity contribution in [3.8, 4) is 0 Å². The van der Waals surface area contributed by atoms with E-state index in [9.17, 15) is 0 Å². The highest BCUT2D eigenvalue weighted by molar-refractivity contribution is 5.04. The quantitative estimate of drug-likeness (QED) is 0.536. The molecule has 14 heavy (non-hydrogen) atoms. The molecule has 1 aliphatic carbocycles. The number of hydrogen-bond acceptors (Lipinski definition) is 1. The number of nitrogens with one attached hydrogen (secondary N) is 1. The van der Waals surface area contributed by atoms with Crippen LogP contribution in [0.5, 0.6) is 0 Å². The lowest BCUT2D eigenvalue weighted by Crippen LogP contribution is -2.13. The fourth-order valence-electron chi connectivity index (χ4n) is 2.33. The summed E-state index contributed by atoms with van der Waals surface area (Å²) in [5.74, 6) is 1.86. The van der Waals surface area contributed by atoms with Crippen LogP contribution in [0.4, 0.5) is 0 Å². The standard InChI is InChI=1S/C13H25N/c1-11-6-8-13(9-7-11)12(2)5-4-10-14-3/h5,11,13-14H,4,6-10H2,1-3H3. The summed E-state index contributed by atoms with van der Waals surface area (Å²) in [7, 11) is 2.02. The average Bonchev–Trinajstić information content (AvgIpc) is 2.19. The van der Waals surface area contributed by atoms with Crippen LogP contribution in [-0.2, 0) is 0 Å². The van der Waals surface area contributed by atoms with E-state index in [4.69, 9.17) is 0 Å². The van der Waals surface area contributed by atoms with Crippen LogP contribution in [0.2, 0.25) is 0 Å².